The molecule has 1 amide bonds. The standard InChI is InChI=1S/C13H10ClN3O2S/c1-6-5-9(17-19-6)12(18)16-13-15-11-7(2)8(14)3-4-10(11)20-13/h3-5H,1-2H3,(H,15,16,18). The molecule has 0 atom stereocenters. The Hall–Kier alpha value is -1.92. The van der Waals surface area contributed by atoms with E-state index in [9.17, 15) is 4.79 Å². The van der Waals surface area contributed by atoms with E-state index in [0.717, 1.165) is 15.8 Å². The van der Waals surface area contributed by atoms with Gasteiger partial charge in [0.2, 0.25) is 0 Å². The van der Waals surface area contributed by atoms with Gasteiger partial charge in [-0.1, -0.05) is 28.1 Å². The summed E-state index contributed by atoms with van der Waals surface area (Å²) >= 11 is 7.45. The summed E-state index contributed by atoms with van der Waals surface area (Å²) in [6.45, 7) is 3.63. The van der Waals surface area contributed by atoms with Crippen LogP contribution in [0.1, 0.15) is 21.8 Å². The minimum absolute atomic E-state index is 0.233. The van der Waals surface area contributed by atoms with Crippen LogP contribution in [0.25, 0.3) is 10.2 Å². The zero-order valence-corrected chi connectivity index (χ0v) is 12.3. The number of anilines is 1. The zero-order chi connectivity index (χ0) is 14.3. The number of benzene rings is 1. The first kappa shape index (κ1) is 13.1. The Labute approximate surface area is 123 Å². The van der Waals surface area contributed by atoms with Crippen LogP contribution < -0.4 is 5.32 Å². The third-order valence-corrected chi connectivity index (χ3v) is 4.17. The number of nitrogens with zero attached hydrogens (tertiary/aromatic N) is 2. The van der Waals surface area contributed by atoms with Gasteiger partial charge in [-0.25, -0.2) is 4.98 Å². The maximum absolute atomic E-state index is 12.0. The molecule has 20 heavy (non-hydrogen) atoms. The first-order valence-electron chi connectivity index (χ1n) is 5.85. The number of carbonyl (C=O) groups excluding carboxylic acids is 1. The topological polar surface area (TPSA) is 68.0 Å². The van der Waals surface area contributed by atoms with Crippen LogP contribution in [0.2, 0.25) is 5.02 Å². The Morgan fingerprint density at radius 3 is 2.90 bits per heavy atom. The molecule has 0 bridgehead atoms. The summed E-state index contributed by atoms with van der Waals surface area (Å²) in [6, 6.07) is 5.28. The van der Waals surface area contributed by atoms with E-state index in [4.69, 9.17) is 16.1 Å². The van der Waals surface area contributed by atoms with Crippen molar-refractivity contribution in [2.24, 2.45) is 0 Å². The molecule has 2 aromatic heterocycles. The fourth-order valence-corrected chi connectivity index (χ4v) is 2.86. The number of nitrogens with one attached hydrogen (secondary N) is 1. The lowest BCUT2D eigenvalue weighted by Gasteiger charge is -1.96. The van der Waals surface area contributed by atoms with Crippen LogP contribution >= 0.6 is 22.9 Å². The average molecular weight is 308 g/mol. The smallest absolute Gasteiger partial charge is 0.279 e. The van der Waals surface area contributed by atoms with Gasteiger partial charge in [-0.2, -0.15) is 0 Å². The van der Waals surface area contributed by atoms with Gasteiger partial charge in [-0.15, -0.1) is 0 Å². The fraction of sp³-hybridized carbons (Fsp3) is 0.154. The Balaban J connectivity index is 1.92. The van der Waals surface area contributed by atoms with Gasteiger partial charge in [0.25, 0.3) is 5.91 Å². The number of aryl methyl sites for hydroxylation is 2. The molecule has 2 heterocycles. The highest BCUT2D eigenvalue weighted by molar-refractivity contribution is 7.22. The molecule has 0 saturated heterocycles. The monoisotopic (exact) mass is 307 g/mol. The number of halogens is 1. The van der Waals surface area contributed by atoms with Crippen molar-refractivity contribution >= 4 is 44.2 Å². The quantitative estimate of drug-likeness (QED) is 0.781. The summed E-state index contributed by atoms with van der Waals surface area (Å²) in [4.78, 5) is 16.4. The predicted octanol–water partition coefficient (Wildman–Crippen LogP) is 3.81. The lowest BCUT2D eigenvalue weighted by Crippen LogP contribution is -2.11. The Bertz CT molecular complexity index is 809. The second-order valence-electron chi connectivity index (χ2n) is 4.32. The van der Waals surface area contributed by atoms with Crippen LogP contribution in [-0.2, 0) is 0 Å². The molecule has 0 saturated carbocycles. The van der Waals surface area contributed by atoms with E-state index in [1.54, 1.807) is 13.0 Å². The SMILES string of the molecule is Cc1cc(C(=O)Nc2nc3c(C)c(Cl)ccc3s2)no1. The molecule has 3 rings (SSSR count). The van der Waals surface area contributed by atoms with Crippen LogP contribution in [0.3, 0.4) is 0 Å². The number of carbonyl (C=O) groups is 1. The zero-order valence-electron chi connectivity index (χ0n) is 10.7. The summed E-state index contributed by atoms with van der Waals surface area (Å²) in [6.07, 6.45) is 0. The van der Waals surface area contributed by atoms with Gasteiger partial charge in [0.15, 0.2) is 10.8 Å². The highest BCUT2D eigenvalue weighted by Crippen LogP contribution is 2.31. The third-order valence-electron chi connectivity index (χ3n) is 2.83. The molecule has 3 aromatic rings. The molecule has 0 fully saturated rings. The van der Waals surface area contributed by atoms with Gasteiger partial charge in [0.1, 0.15) is 5.76 Å². The lowest BCUT2D eigenvalue weighted by atomic mass is 10.2. The highest BCUT2D eigenvalue weighted by atomic mass is 35.5. The second-order valence-corrected chi connectivity index (χ2v) is 5.75. The van der Waals surface area contributed by atoms with E-state index in [-0.39, 0.29) is 11.6 Å². The van der Waals surface area contributed by atoms with Gasteiger partial charge in [-0.3, -0.25) is 10.1 Å². The molecule has 1 aromatic carbocycles. The number of rotatable bonds is 2. The van der Waals surface area contributed by atoms with Crippen molar-refractivity contribution in [2.45, 2.75) is 13.8 Å². The molecular weight excluding hydrogens is 298 g/mol. The van der Waals surface area contributed by atoms with Gasteiger partial charge < -0.3 is 4.52 Å². The first-order valence-corrected chi connectivity index (χ1v) is 7.04. The third kappa shape index (κ3) is 2.28. The van der Waals surface area contributed by atoms with E-state index in [0.29, 0.717) is 15.9 Å². The summed E-state index contributed by atoms with van der Waals surface area (Å²) in [5, 5.41) is 7.55. The molecule has 5 nitrogen and oxygen atoms in total. The molecule has 0 spiro atoms. The van der Waals surface area contributed by atoms with E-state index < -0.39 is 0 Å². The molecule has 7 heteroatoms. The normalized spacial score (nSPS) is 10.9. The van der Waals surface area contributed by atoms with Gasteiger partial charge in [0, 0.05) is 11.1 Å². The van der Waals surface area contributed by atoms with Crippen molar-refractivity contribution in [3.8, 4) is 0 Å². The molecule has 0 aliphatic heterocycles. The number of thiazole rings is 1. The van der Waals surface area contributed by atoms with Crippen LogP contribution in [0.15, 0.2) is 22.7 Å². The predicted molar refractivity (Wildman–Crippen MR) is 78.6 cm³/mol. The van der Waals surface area contributed by atoms with Gasteiger partial charge in [0.05, 0.1) is 10.2 Å². The number of hydrogen-bond acceptors (Lipinski definition) is 5. The van der Waals surface area contributed by atoms with Crippen molar-refractivity contribution < 1.29 is 9.32 Å². The van der Waals surface area contributed by atoms with E-state index in [2.05, 4.69) is 15.5 Å². The lowest BCUT2D eigenvalue weighted by molar-refractivity contribution is 0.101. The maximum Gasteiger partial charge on any atom is 0.279 e. The minimum Gasteiger partial charge on any atom is -0.361 e. The molecular formula is C13H10ClN3O2S. The fourth-order valence-electron chi connectivity index (χ4n) is 1.79. The second kappa shape index (κ2) is 4.88. The summed E-state index contributed by atoms with van der Waals surface area (Å²) in [7, 11) is 0. The largest absolute Gasteiger partial charge is 0.361 e. The van der Waals surface area contributed by atoms with E-state index in [1.807, 2.05) is 19.1 Å². The van der Waals surface area contributed by atoms with Crippen LogP contribution in [0, 0.1) is 13.8 Å². The van der Waals surface area contributed by atoms with Crippen molar-refractivity contribution in [1.29, 1.82) is 0 Å². The van der Waals surface area contributed by atoms with Crippen LogP contribution in [0.5, 0.6) is 0 Å². The average Bonchev–Trinajstić information content (AvgIpc) is 3.00. The summed E-state index contributed by atoms with van der Waals surface area (Å²) < 4.78 is 5.84. The molecule has 0 aliphatic rings. The van der Waals surface area contributed by atoms with Crippen molar-refractivity contribution in [3.05, 3.63) is 40.2 Å². The molecule has 0 unspecified atom stereocenters. The van der Waals surface area contributed by atoms with E-state index >= 15 is 0 Å². The molecule has 1 N–H and O–H groups in total. The van der Waals surface area contributed by atoms with Gasteiger partial charge >= 0.3 is 0 Å². The first-order chi connectivity index (χ1) is 9.54. The van der Waals surface area contributed by atoms with Crippen molar-refractivity contribution in [2.75, 3.05) is 5.32 Å². The molecule has 102 valence electrons. The summed E-state index contributed by atoms with van der Waals surface area (Å²) in [5.41, 5.74) is 1.93. The summed E-state index contributed by atoms with van der Waals surface area (Å²) in [5.74, 6) is 0.242. The van der Waals surface area contributed by atoms with Gasteiger partial charge in [-0.05, 0) is 31.5 Å². The number of amides is 1. The highest BCUT2D eigenvalue weighted by Gasteiger charge is 2.14. The maximum atomic E-state index is 12.0. The van der Waals surface area contributed by atoms with Crippen LogP contribution in [-0.4, -0.2) is 16.0 Å². The van der Waals surface area contributed by atoms with Crippen molar-refractivity contribution in [3.63, 3.8) is 0 Å². The Morgan fingerprint density at radius 1 is 1.40 bits per heavy atom. The Kier molecular flexibility index (Phi) is 3.19. The number of hydrogen-bond donors (Lipinski definition) is 1. The molecule has 0 aliphatic carbocycles. The minimum atomic E-state index is -0.343. The molecule has 0 radical (unpaired) electrons. The van der Waals surface area contributed by atoms with Crippen LogP contribution in [0.4, 0.5) is 5.13 Å². The van der Waals surface area contributed by atoms with E-state index in [1.165, 1.54) is 11.3 Å². The number of aromatic nitrogens is 2. The van der Waals surface area contributed by atoms with Crippen molar-refractivity contribution in [1.82, 2.24) is 10.1 Å². The number of fused-ring (bicyclic) bond motifs is 1. The Morgan fingerprint density at radius 2 is 2.20 bits per heavy atom.